The van der Waals surface area contributed by atoms with Crippen molar-refractivity contribution in [1.82, 2.24) is 5.32 Å². The van der Waals surface area contributed by atoms with Crippen LogP contribution in [0.4, 0.5) is 0 Å². The maximum atomic E-state index is 12.5. The molecule has 1 amide bonds. The van der Waals surface area contributed by atoms with Crippen LogP contribution in [-0.2, 0) is 4.79 Å². The molecule has 3 atom stereocenters. The van der Waals surface area contributed by atoms with E-state index in [1.165, 1.54) is 38.5 Å². The third kappa shape index (κ3) is 4.21. The van der Waals surface area contributed by atoms with Crippen molar-refractivity contribution in [2.24, 2.45) is 23.5 Å². The molecule has 2 fully saturated rings. The smallest absolute Gasteiger partial charge is 0.223 e. The van der Waals surface area contributed by atoms with Crippen LogP contribution in [0.3, 0.4) is 0 Å². The third-order valence-corrected chi connectivity index (χ3v) is 5.46. The van der Waals surface area contributed by atoms with Crippen LogP contribution in [-0.4, -0.2) is 18.0 Å². The predicted molar refractivity (Wildman–Crippen MR) is 83.3 cm³/mol. The maximum absolute atomic E-state index is 12.5. The maximum Gasteiger partial charge on any atom is 0.223 e. The molecule has 116 valence electrons. The molecule has 0 aromatic carbocycles. The summed E-state index contributed by atoms with van der Waals surface area (Å²) in [7, 11) is 0. The minimum Gasteiger partial charge on any atom is -0.353 e. The second kappa shape index (κ2) is 7.44. The number of carbonyl (C=O) groups excluding carboxylic acids is 1. The van der Waals surface area contributed by atoms with Gasteiger partial charge in [-0.15, -0.1) is 0 Å². The minimum absolute atomic E-state index is 0.145. The average molecular weight is 280 g/mol. The Kier molecular flexibility index (Phi) is 5.88. The number of hydrogen-bond donors (Lipinski definition) is 2. The molecule has 3 heteroatoms. The molecule has 0 radical (unpaired) electrons. The molecule has 0 aromatic heterocycles. The van der Waals surface area contributed by atoms with Gasteiger partial charge >= 0.3 is 0 Å². The molecule has 2 rings (SSSR count). The lowest BCUT2D eigenvalue weighted by atomic mass is 9.77. The van der Waals surface area contributed by atoms with Crippen LogP contribution >= 0.6 is 0 Å². The molecule has 2 saturated carbocycles. The number of nitrogens with two attached hydrogens (primary N) is 1. The van der Waals surface area contributed by atoms with Crippen molar-refractivity contribution in [3.63, 3.8) is 0 Å². The molecule has 0 aromatic rings. The van der Waals surface area contributed by atoms with Crippen molar-refractivity contribution in [3.05, 3.63) is 0 Å². The van der Waals surface area contributed by atoms with Crippen molar-refractivity contribution in [2.75, 3.05) is 0 Å². The molecule has 2 aliphatic rings. The summed E-state index contributed by atoms with van der Waals surface area (Å²) in [5.41, 5.74) is 6.03. The molecule has 0 heterocycles. The molecule has 0 aliphatic heterocycles. The molecule has 3 N–H and O–H groups in total. The lowest BCUT2D eigenvalue weighted by Crippen LogP contribution is -2.46. The van der Waals surface area contributed by atoms with E-state index in [1.807, 2.05) is 0 Å². The largest absolute Gasteiger partial charge is 0.353 e. The van der Waals surface area contributed by atoms with Gasteiger partial charge in [-0.25, -0.2) is 0 Å². The molecule has 3 nitrogen and oxygen atoms in total. The van der Waals surface area contributed by atoms with Gasteiger partial charge < -0.3 is 11.1 Å². The second-order valence-electron chi connectivity index (χ2n) is 7.17. The van der Waals surface area contributed by atoms with E-state index >= 15 is 0 Å². The molecule has 3 unspecified atom stereocenters. The number of hydrogen-bond acceptors (Lipinski definition) is 2. The Labute approximate surface area is 124 Å². The van der Waals surface area contributed by atoms with Gasteiger partial charge in [-0.1, -0.05) is 26.7 Å². The highest BCUT2D eigenvalue weighted by molar-refractivity contribution is 5.79. The number of nitrogens with one attached hydrogen (secondary N) is 1. The van der Waals surface area contributed by atoms with E-state index in [9.17, 15) is 4.79 Å². The second-order valence-corrected chi connectivity index (χ2v) is 7.17. The van der Waals surface area contributed by atoms with E-state index in [0.717, 1.165) is 25.2 Å². The number of rotatable bonds is 4. The third-order valence-electron chi connectivity index (χ3n) is 5.46. The Balaban J connectivity index is 1.77. The summed E-state index contributed by atoms with van der Waals surface area (Å²) < 4.78 is 0. The van der Waals surface area contributed by atoms with Crippen LogP contribution in [0.5, 0.6) is 0 Å². The van der Waals surface area contributed by atoms with E-state index < -0.39 is 0 Å². The first-order chi connectivity index (χ1) is 9.60. The monoisotopic (exact) mass is 280 g/mol. The van der Waals surface area contributed by atoms with Crippen LogP contribution in [0.25, 0.3) is 0 Å². The fourth-order valence-electron chi connectivity index (χ4n) is 4.03. The van der Waals surface area contributed by atoms with E-state index in [-0.39, 0.29) is 17.9 Å². The van der Waals surface area contributed by atoms with Crippen molar-refractivity contribution in [3.8, 4) is 0 Å². The van der Waals surface area contributed by atoms with Crippen LogP contribution in [0, 0.1) is 17.8 Å². The van der Waals surface area contributed by atoms with Gasteiger partial charge in [0.1, 0.15) is 0 Å². The lowest BCUT2D eigenvalue weighted by Gasteiger charge is -2.34. The van der Waals surface area contributed by atoms with Crippen molar-refractivity contribution < 1.29 is 4.79 Å². The Morgan fingerprint density at radius 2 is 1.85 bits per heavy atom. The number of carbonyl (C=O) groups is 1. The van der Waals surface area contributed by atoms with Gasteiger partial charge in [0.25, 0.3) is 0 Å². The zero-order chi connectivity index (χ0) is 14.5. The van der Waals surface area contributed by atoms with Crippen LogP contribution in [0.1, 0.15) is 71.6 Å². The van der Waals surface area contributed by atoms with Gasteiger partial charge in [0.2, 0.25) is 5.91 Å². The van der Waals surface area contributed by atoms with E-state index in [0.29, 0.717) is 12.0 Å². The summed E-state index contributed by atoms with van der Waals surface area (Å²) >= 11 is 0. The van der Waals surface area contributed by atoms with E-state index in [2.05, 4.69) is 19.2 Å². The Morgan fingerprint density at radius 3 is 2.50 bits per heavy atom. The summed E-state index contributed by atoms with van der Waals surface area (Å²) in [5, 5.41) is 3.31. The van der Waals surface area contributed by atoms with Crippen molar-refractivity contribution in [2.45, 2.75) is 83.7 Å². The molecule has 0 bridgehead atoms. The standard InChI is InChI=1S/C17H32N2O/c1-3-4-13-6-9-15(10-7-13)19-17(20)16-11-14(18)8-5-12(16)2/h12-16H,3-11,18H2,1-2H3,(H,19,20). The molecular weight excluding hydrogens is 248 g/mol. The first-order valence-corrected chi connectivity index (χ1v) is 8.66. The van der Waals surface area contributed by atoms with Crippen LogP contribution < -0.4 is 11.1 Å². The van der Waals surface area contributed by atoms with Crippen LogP contribution in [0.15, 0.2) is 0 Å². The van der Waals surface area contributed by atoms with Gasteiger partial charge in [-0.05, 0) is 56.8 Å². The van der Waals surface area contributed by atoms with Gasteiger partial charge in [0.15, 0.2) is 0 Å². The van der Waals surface area contributed by atoms with Gasteiger partial charge in [-0.3, -0.25) is 4.79 Å². The lowest BCUT2D eigenvalue weighted by molar-refractivity contribution is -0.128. The first kappa shape index (κ1) is 15.8. The zero-order valence-corrected chi connectivity index (χ0v) is 13.2. The van der Waals surface area contributed by atoms with E-state index in [1.54, 1.807) is 0 Å². The van der Waals surface area contributed by atoms with E-state index in [4.69, 9.17) is 5.73 Å². The number of amides is 1. The first-order valence-electron chi connectivity index (χ1n) is 8.66. The zero-order valence-electron chi connectivity index (χ0n) is 13.2. The Bertz CT molecular complexity index is 310. The molecular formula is C17H32N2O. The SMILES string of the molecule is CCCC1CCC(NC(=O)C2CC(N)CCC2C)CC1. The summed E-state index contributed by atoms with van der Waals surface area (Å²) in [6.07, 6.45) is 10.6. The normalized spacial score (nSPS) is 38.5. The molecule has 0 saturated heterocycles. The van der Waals surface area contributed by atoms with Crippen LogP contribution in [0.2, 0.25) is 0 Å². The summed E-state index contributed by atoms with van der Waals surface area (Å²) in [4.78, 5) is 12.5. The highest BCUT2D eigenvalue weighted by Crippen LogP contribution is 2.31. The van der Waals surface area contributed by atoms with Gasteiger partial charge in [0.05, 0.1) is 0 Å². The van der Waals surface area contributed by atoms with Gasteiger partial charge in [0, 0.05) is 18.0 Å². The highest BCUT2D eigenvalue weighted by atomic mass is 16.2. The fraction of sp³-hybridized carbons (Fsp3) is 0.941. The summed E-state index contributed by atoms with van der Waals surface area (Å²) in [6, 6.07) is 0.642. The highest BCUT2D eigenvalue weighted by Gasteiger charge is 2.32. The summed E-state index contributed by atoms with van der Waals surface area (Å²) in [5.74, 6) is 1.81. The molecule has 0 spiro atoms. The molecule has 20 heavy (non-hydrogen) atoms. The van der Waals surface area contributed by atoms with Gasteiger partial charge in [-0.2, -0.15) is 0 Å². The van der Waals surface area contributed by atoms with Crippen molar-refractivity contribution >= 4 is 5.91 Å². The Hall–Kier alpha value is -0.570. The van der Waals surface area contributed by atoms with Crippen molar-refractivity contribution in [1.29, 1.82) is 0 Å². The average Bonchev–Trinajstić information content (AvgIpc) is 2.44. The predicted octanol–water partition coefficient (Wildman–Crippen LogP) is 3.23. The summed E-state index contributed by atoms with van der Waals surface area (Å²) in [6.45, 7) is 4.47. The quantitative estimate of drug-likeness (QED) is 0.830. The topological polar surface area (TPSA) is 55.1 Å². The Morgan fingerprint density at radius 1 is 1.15 bits per heavy atom. The molecule has 2 aliphatic carbocycles. The fourth-order valence-corrected chi connectivity index (χ4v) is 4.03. The minimum atomic E-state index is 0.145.